The summed E-state index contributed by atoms with van der Waals surface area (Å²) in [7, 11) is 0. The van der Waals surface area contributed by atoms with E-state index in [9.17, 15) is 4.91 Å². The molecule has 0 saturated heterocycles. The van der Waals surface area contributed by atoms with E-state index in [1.807, 2.05) is 6.92 Å². The maximum atomic E-state index is 11.2. The Kier molecular flexibility index (Phi) is 6.56. The van der Waals surface area contributed by atoms with E-state index in [0.29, 0.717) is 6.04 Å². The first-order valence-corrected chi connectivity index (χ1v) is 8.92. The van der Waals surface area contributed by atoms with Gasteiger partial charge in [0.2, 0.25) is 0 Å². The summed E-state index contributed by atoms with van der Waals surface area (Å²) in [6.07, 6.45) is 6.65. The van der Waals surface area contributed by atoms with E-state index < -0.39 is 0 Å². The SMILES string of the molecule is CCCN(CCC)C1CCc2cccc(C(CC)N=O)c2C1. The van der Waals surface area contributed by atoms with Crippen molar-refractivity contribution in [3.05, 3.63) is 39.8 Å². The molecular formula is C19H30N2O. The first-order chi connectivity index (χ1) is 10.7. The third-order valence-electron chi connectivity index (χ3n) is 4.91. The van der Waals surface area contributed by atoms with Crippen LogP contribution in [0.5, 0.6) is 0 Å². The van der Waals surface area contributed by atoms with Crippen LogP contribution < -0.4 is 0 Å². The summed E-state index contributed by atoms with van der Waals surface area (Å²) >= 11 is 0. The highest BCUT2D eigenvalue weighted by Gasteiger charge is 2.27. The first kappa shape index (κ1) is 17.1. The van der Waals surface area contributed by atoms with Gasteiger partial charge in [0.1, 0.15) is 6.04 Å². The van der Waals surface area contributed by atoms with Crippen LogP contribution in [-0.2, 0) is 12.8 Å². The first-order valence-electron chi connectivity index (χ1n) is 8.92. The molecule has 2 atom stereocenters. The van der Waals surface area contributed by atoms with Gasteiger partial charge >= 0.3 is 0 Å². The average Bonchev–Trinajstić information content (AvgIpc) is 2.55. The molecule has 2 rings (SSSR count). The third-order valence-corrected chi connectivity index (χ3v) is 4.91. The van der Waals surface area contributed by atoms with Crippen molar-refractivity contribution in [3.8, 4) is 0 Å². The van der Waals surface area contributed by atoms with E-state index in [-0.39, 0.29) is 6.04 Å². The van der Waals surface area contributed by atoms with Crippen molar-refractivity contribution in [2.75, 3.05) is 13.1 Å². The molecule has 1 aromatic rings. The Balaban J connectivity index is 2.25. The third kappa shape index (κ3) is 3.75. The van der Waals surface area contributed by atoms with Gasteiger partial charge in [0.25, 0.3) is 0 Å². The van der Waals surface area contributed by atoms with Crippen LogP contribution in [0.15, 0.2) is 23.4 Å². The van der Waals surface area contributed by atoms with Crippen molar-refractivity contribution in [3.63, 3.8) is 0 Å². The summed E-state index contributed by atoms with van der Waals surface area (Å²) in [5, 5.41) is 3.36. The predicted octanol–water partition coefficient (Wildman–Crippen LogP) is 4.88. The zero-order valence-corrected chi connectivity index (χ0v) is 14.3. The van der Waals surface area contributed by atoms with E-state index >= 15 is 0 Å². The van der Waals surface area contributed by atoms with Gasteiger partial charge in [0, 0.05) is 6.04 Å². The Hall–Kier alpha value is -1.22. The zero-order chi connectivity index (χ0) is 15.9. The van der Waals surface area contributed by atoms with E-state index in [0.717, 1.165) is 19.3 Å². The fraction of sp³-hybridized carbons (Fsp3) is 0.684. The number of nitrogens with zero attached hydrogens (tertiary/aromatic N) is 2. The molecule has 0 heterocycles. The van der Waals surface area contributed by atoms with Gasteiger partial charge in [0.15, 0.2) is 0 Å². The van der Waals surface area contributed by atoms with Gasteiger partial charge < -0.3 is 4.90 Å². The van der Waals surface area contributed by atoms with Crippen molar-refractivity contribution < 1.29 is 0 Å². The minimum atomic E-state index is -0.181. The van der Waals surface area contributed by atoms with Gasteiger partial charge in [-0.05, 0) is 68.3 Å². The van der Waals surface area contributed by atoms with Crippen LogP contribution in [-0.4, -0.2) is 24.0 Å². The van der Waals surface area contributed by atoms with E-state index in [1.54, 1.807) is 0 Å². The summed E-state index contributed by atoms with van der Waals surface area (Å²) in [5.41, 5.74) is 4.01. The molecule has 0 radical (unpaired) electrons. The maximum absolute atomic E-state index is 11.2. The molecule has 3 heteroatoms. The van der Waals surface area contributed by atoms with Crippen LogP contribution in [0.1, 0.15) is 69.2 Å². The number of fused-ring (bicyclic) bond motifs is 1. The van der Waals surface area contributed by atoms with Crippen molar-refractivity contribution in [2.24, 2.45) is 5.18 Å². The molecule has 0 bridgehead atoms. The van der Waals surface area contributed by atoms with Crippen molar-refractivity contribution in [2.45, 2.75) is 71.4 Å². The predicted molar refractivity (Wildman–Crippen MR) is 93.2 cm³/mol. The number of nitroso groups, excluding NO2 is 1. The molecule has 0 fully saturated rings. The van der Waals surface area contributed by atoms with Gasteiger partial charge in [-0.3, -0.25) is 0 Å². The van der Waals surface area contributed by atoms with Crippen LogP contribution in [0, 0.1) is 4.91 Å². The molecule has 0 amide bonds. The standard InChI is InChI=1S/C19H30N2O/c1-4-12-21(13-5-2)16-11-10-15-8-7-9-17(18(15)14-16)19(6-3)20-22/h7-9,16,19H,4-6,10-14H2,1-3H3. The molecule has 2 unspecified atom stereocenters. The number of hydrogen-bond donors (Lipinski definition) is 0. The average molecular weight is 302 g/mol. The molecular weight excluding hydrogens is 272 g/mol. The molecule has 22 heavy (non-hydrogen) atoms. The highest BCUT2D eigenvalue weighted by atomic mass is 16.3. The van der Waals surface area contributed by atoms with Gasteiger partial charge in [0.05, 0.1) is 0 Å². The maximum Gasteiger partial charge on any atom is 0.117 e. The summed E-state index contributed by atoms with van der Waals surface area (Å²) in [5.74, 6) is 0. The van der Waals surface area contributed by atoms with Crippen LogP contribution in [0.25, 0.3) is 0 Å². The van der Waals surface area contributed by atoms with E-state index in [1.165, 1.54) is 49.0 Å². The van der Waals surface area contributed by atoms with Crippen molar-refractivity contribution in [1.29, 1.82) is 0 Å². The molecule has 0 aromatic heterocycles. The fourth-order valence-electron chi connectivity index (χ4n) is 3.82. The van der Waals surface area contributed by atoms with E-state index in [4.69, 9.17) is 0 Å². The van der Waals surface area contributed by atoms with Crippen molar-refractivity contribution >= 4 is 0 Å². The largest absolute Gasteiger partial charge is 0.300 e. The Morgan fingerprint density at radius 1 is 1.23 bits per heavy atom. The highest BCUT2D eigenvalue weighted by Crippen LogP contribution is 2.33. The zero-order valence-electron chi connectivity index (χ0n) is 14.3. The summed E-state index contributed by atoms with van der Waals surface area (Å²) in [6.45, 7) is 8.92. The van der Waals surface area contributed by atoms with Gasteiger partial charge in [-0.15, -0.1) is 0 Å². The quantitative estimate of drug-likeness (QED) is 0.641. The number of hydrogen-bond acceptors (Lipinski definition) is 3. The van der Waals surface area contributed by atoms with Crippen LogP contribution >= 0.6 is 0 Å². The number of rotatable bonds is 8. The lowest BCUT2D eigenvalue weighted by Crippen LogP contribution is -2.40. The topological polar surface area (TPSA) is 32.7 Å². The number of aryl methyl sites for hydroxylation is 1. The Labute approximate surface area is 135 Å². The lowest BCUT2D eigenvalue weighted by atomic mass is 9.82. The second-order valence-corrected chi connectivity index (χ2v) is 6.45. The Morgan fingerprint density at radius 3 is 2.55 bits per heavy atom. The molecule has 0 saturated carbocycles. The molecule has 0 spiro atoms. The second-order valence-electron chi connectivity index (χ2n) is 6.45. The summed E-state index contributed by atoms with van der Waals surface area (Å²) in [6, 6.07) is 6.88. The van der Waals surface area contributed by atoms with Crippen LogP contribution in [0.4, 0.5) is 0 Å². The molecule has 0 N–H and O–H groups in total. The monoisotopic (exact) mass is 302 g/mol. The highest BCUT2D eigenvalue weighted by molar-refractivity contribution is 5.40. The van der Waals surface area contributed by atoms with Crippen molar-refractivity contribution in [1.82, 2.24) is 4.90 Å². The second kappa shape index (κ2) is 8.42. The Bertz CT molecular complexity index is 480. The van der Waals surface area contributed by atoms with Crippen LogP contribution in [0.2, 0.25) is 0 Å². The van der Waals surface area contributed by atoms with Gasteiger partial charge in [-0.1, -0.05) is 44.1 Å². The van der Waals surface area contributed by atoms with Gasteiger partial charge in [-0.2, -0.15) is 4.91 Å². The Morgan fingerprint density at radius 2 is 1.95 bits per heavy atom. The minimum absolute atomic E-state index is 0.181. The molecule has 1 aliphatic rings. The smallest absolute Gasteiger partial charge is 0.117 e. The lowest BCUT2D eigenvalue weighted by Gasteiger charge is -2.36. The van der Waals surface area contributed by atoms with Crippen LogP contribution in [0.3, 0.4) is 0 Å². The molecule has 1 aromatic carbocycles. The normalized spacial score (nSPS) is 19.0. The fourth-order valence-corrected chi connectivity index (χ4v) is 3.82. The lowest BCUT2D eigenvalue weighted by molar-refractivity contribution is 0.179. The van der Waals surface area contributed by atoms with E-state index in [2.05, 4.69) is 42.1 Å². The molecule has 122 valence electrons. The number of benzene rings is 1. The summed E-state index contributed by atoms with van der Waals surface area (Å²) in [4.78, 5) is 13.8. The van der Waals surface area contributed by atoms with Gasteiger partial charge in [-0.25, -0.2) is 0 Å². The molecule has 1 aliphatic carbocycles. The molecule has 0 aliphatic heterocycles. The molecule has 3 nitrogen and oxygen atoms in total. The summed E-state index contributed by atoms with van der Waals surface area (Å²) < 4.78 is 0. The minimum Gasteiger partial charge on any atom is -0.300 e.